The van der Waals surface area contributed by atoms with Crippen molar-refractivity contribution in [3.63, 3.8) is 0 Å². The van der Waals surface area contributed by atoms with E-state index in [1.54, 1.807) is 0 Å². The SMILES string of the molecule is CCSCCC(C)n1c(C(C)Cl)nc2cc(C)ccc21. The predicted octanol–water partition coefficient (Wildman–Crippen LogP) is 5.35. The Morgan fingerprint density at radius 1 is 1.35 bits per heavy atom. The fourth-order valence-corrected chi connectivity index (χ4v) is 3.45. The van der Waals surface area contributed by atoms with E-state index >= 15 is 0 Å². The van der Waals surface area contributed by atoms with E-state index in [1.165, 1.54) is 22.6 Å². The van der Waals surface area contributed by atoms with Crippen LogP contribution < -0.4 is 0 Å². The van der Waals surface area contributed by atoms with Crippen molar-refractivity contribution in [1.29, 1.82) is 0 Å². The van der Waals surface area contributed by atoms with Gasteiger partial charge in [0.15, 0.2) is 0 Å². The summed E-state index contributed by atoms with van der Waals surface area (Å²) < 4.78 is 2.32. The number of nitrogens with zero attached hydrogens (tertiary/aromatic N) is 2. The Balaban J connectivity index is 2.40. The quantitative estimate of drug-likeness (QED) is 0.529. The molecule has 0 aliphatic rings. The molecule has 4 heteroatoms. The second-order valence-corrected chi connectivity index (χ2v) is 7.33. The normalized spacial score (nSPS) is 14.7. The maximum atomic E-state index is 6.34. The van der Waals surface area contributed by atoms with Crippen LogP contribution in [-0.2, 0) is 0 Å². The van der Waals surface area contributed by atoms with Gasteiger partial charge in [-0.2, -0.15) is 11.8 Å². The summed E-state index contributed by atoms with van der Waals surface area (Å²) in [6.45, 7) is 8.57. The summed E-state index contributed by atoms with van der Waals surface area (Å²) in [6, 6.07) is 6.89. The number of alkyl halides is 1. The van der Waals surface area contributed by atoms with Crippen LogP contribution in [0, 0.1) is 6.92 Å². The van der Waals surface area contributed by atoms with E-state index in [1.807, 2.05) is 18.7 Å². The van der Waals surface area contributed by atoms with Gasteiger partial charge >= 0.3 is 0 Å². The first-order valence-electron chi connectivity index (χ1n) is 7.24. The molecule has 0 fully saturated rings. The summed E-state index contributed by atoms with van der Waals surface area (Å²) in [5.41, 5.74) is 3.50. The van der Waals surface area contributed by atoms with Crippen LogP contribution in [0.2, 0.25) is 0 Å². The Morgan fingerprint density at radius 2 is 2.10 bits per heavy atom. The molecule has 0 bridgehead atoms. The second-order valence-electron chi connectivity index (χ2n) is 5.28. The Hall–Kier alpha value is -0.670. The van der Waals surface area contributed by atoms with Crippen LogP contribution in [-0.4, -0.2) is 21.1 Å². The lowest BCUT2D eigenvalue weighted by Crippen LogP contribution is -2.11. The minimum atomic E-state index is -0.0658. The van der Waals surface area contributed by atoms with Crippen LogP contribution >= 0.6 is 23.4 Å². The number of halogens is 1. The molecule has 1 heterocycles. The van der Waals surface area contributed by atoms with Gasteiger partial charge in [0.2, 0.25) is 0 Å². The molecule has 0 saturated carbocycles. The Labute approximate surface area is 130 Å². The monoisotopic (exact) mass is 310 g/mol. The topological polar surface area (TPSA) is 17.8 Å². The van der Waals surface area contributed by atoms with E-state index < -0.39 is 0 Å². The highest BCUT2D eigenvalue weighted by atomic mass is 35.5. The van der Waals surface area contributed by atoms with Gasteiger partial charge in [0.05, 0.1) is 16.4 Å². The average molecular weight is 311 g/mol. The fourth-order valence-electron chi connectivity index (χ4n) is 2.50. The maximum absolute atomic E-state index is 6.34. The van der Waals surface area contributed by atoms with Crippen molar-refractivity contribution < 1.29 is 0 Å². The molecule has 110 valence electrons. The Morgan fingerprint density at radius 3 is 2.75 bits per heavy atom. The van der Waals surface area contributed by atoms with Gasteiger partial charge in [-0.25, -0.2) is 4.98 Å². The summed E-state index contributed by atoms with van der Waals surface area (Å²) in [7, 11) is 0. The Kier molecular flexibility index (Phi) is 5.39. The van der Waals surface area contributed by atoms with Gasteiger partial charge in [-0.3, -0.25) is 0 Å². The highest BCUT2D eigenvalue weighted by Crippen LogP contribution is 2.30. The minimum Gasteiger partial charge on any atom is -0.324 e. The number of thioether (sulfide) groups is 1. The summed E-state index contributed by atoms with van der Waals surface area (Å²) in [4.78, 5) is 4.75. The second kappa shape index (κ2) is 6.86. The van der Waals surface area contributed by atoms with Crippen molar-refractivity contribution in [2.45, 2.75) is 45.5 Å². The summed E-state index contributed by atoms with van der Waals surface area (Å²) >= 11 is 8.33. The van der Waals surface area contributed by atoms with Crippen LogP contribution in [0.1, 0.15) is 50.0 Å². The molecule has 1 aromatic heterocycles. The smallest absolute Gasteiger partial charge is 0.127 e. The number of imidazole rings is 1. The van der Waals surface area contributed by atoms with Crippen LogP contribution in [0.5, 0.6) is 0 Å². The highest BCUT2D eigenvalue weighted by Gasteiger charge is 2.18. The van der Waals surface area contributed by atoms with Crippen LogP contribution in [0.25, 0.3) is 11.0 Å². The van der Waals surface area contributed by atoms with Gasteiger partial charge in [0.1, 0.15) is 5.82 Å². The molecular formula is C16H23ClN2S. The number of hydrogen-bond donors (Lipinski definition) is 0. The zero-order valence-electron chi connectivity index (χ0n) is 12.7. The molecule has 2 aromatic rings. The van der Waals surface area contributed by atoms with Gasteiger partial charge in [0, 0.05) is 6.04 Å². The first-order chi connectivity index (χ1) is 9.54. The lowest BCUT2D eigenvalue weighted by atomic mass is 10.2. The standard InChI is InChI=1S/C16H23ClN2S/c1-5-20-9-8-12(3)19-15-7-6-11(2)10-14(15)18-16(19)13(4)17/h6-7,10,12-13H,5,8-9H2,1-4H3. The van der Waals surface area contributed by atoms with Crippen LogP contribution in [0.4, 0.5) is 0 Å². The third-order valence-electron chi connectivity index (χ3n) is 3.55. The summed E-state index contributed by atoms with van der Waals surface area (Å²) in [5, 5.41) is -0.0658. The van der Waals surface area contributed by atoms with Crippen LogP contribution in [0.15, 0.2) is 18.2 Å². The number of hydrogen-bond acceptors (Lipinski definition) is 2. The largest absolute Gasteiger partial charge is 0.324 e. The molecule has 20 heavy (non-hydrogen) atoms. The molecule has 1 aromatic carbocycles. The van der Waals surface area contributed by atoms with Gasteiger partial charge in [-0.05, 0) is 56.4 Å². The third kappa shape index (κ3) is 3.32. The molecule has 2 unspecified atom stereocenters. The molecular weight excluding hydrogens is 288 g/mol. The molecule has 0 saturated heterocycles. The van der Waals surface area contributed by atoms with Crippen molar-refractivity contribution in [3.8, 4) is 0 Å². The van der Waals surface area contributed by atoms with Crippen LogP contribution in [0.3, 0.4) is 0 Å². The van der Waals surface area contributed by atoms with E-state index in [0.717, 1.165) is 17.8 Å². The number of rotatable bonds is 6. The van der Waals surface area contributed by atoms with Gasteiger partial charge in [-0.15, -0.1) is 11.6 Å². The van der Waals surface area contributed by atoms with Gasteiger partial charge in [-0.1, -0.05) is 13.0 Å². The molecule has 0 amide bonds. The summed E-state index contributed by atoms with van der Waals surface area (Å²) in [5.74, 6) is 3.34. The van der Waals surface area contributed by atoms with Crippen molar-refractivity contribution in [1.82, 2.24) is 9.55 Å². The van der Waals surface area contributed by atoms with E-state index in [2.05, 4.69) is 43.5 Å². The molecule has 0 aliphatic heterocycles. The summed E-state index contributed by atoms with van der Waals surface area (Å²) in [6.07, 6.45) is 1.15. The number of benzene rings is 1. The van der Waals surface area contributed by atoms with E-state index in [4.69, 9.17) is 16.6 Å². The molecule has 2 atom stereocenters. The lowest BCUT2D eigenvalue weighted by molar-refractivity contribution is 0.525. The molecule has 0 radical (unpaired) electrons. The first kappa shape index (κ1) is 15.7. The first-order valence-corrected chi connectivity index (χ1v) is 8.84. The number of fused-ring (bicyclic) bond motifs is 1. The lowest BCUT2D eigenvalue weighted by Gasteiger charge is -2.18. The molecule has 2 nitrogen and oxygen atoms in total. The van der Waals surface area contributed by atoms with Crippen molar-refractivity contribution in [2.75, 3.05) is 11.5 Å². The van der Waals surface area contributed by atoms with Gasteiger partial charge < -0.3 is 4.57 Å². The minimum absolute atomic E-state index is 0.0658. The number of aromatic nitrogens is 2. The van der Waals surface area contributed by atoms with Crippen molar-refractivity contribution in [3.05, 3.63) is 29.6 Å². The fraction of sp³-hybridized carbons (Fsp3) is 0.562. The van der Waals surface area contributed by atoms with E-state index in [9.17, 15) is 0 Å². The maximum Gasteiger partial charge on any atom is 0.127 e. The van der Waals surface area contributed by atoms with Crippen molar-refractivity contribution in [2.24, 2.45) is 0 Å². The van der Waals surface area contributed by atoms with Gasteiger partial charge in [0.25, 0.3) is 0 Å². The predicted molar refractivity (Wildman–Crippen MR) is 91.1 cm³/mol. The highest BCUT2D eigenvalue weighted by molar-refractivity contribution is 7.99. The number of aryl methyl sites for hydroxylation is 1. The zero-order chi connectivity index (χ0) is 14.7. The zero-order valence-corrected chi connectivity index (χ0v) is 14.3. The van der Waals surface area contributed by atoms with Crippen molar-refractivity contribution >= 4 is 34.4 Å². The Bertz CT molecular complexity index is 577. The molecule has 0 spiro atoms. The molecule has 0 aliphatic carbocycles. The average Bonchev–Trinajstić information content (AvgIpc) is 2.77. The third-order valence-corrected chi connectivity index (χ3v) is 4.68. The van der Waals surface area contributed by atoms with E-state index in [-0.39, 0.29) is 5.38 Å². The molecule has 0 N–H and O–H groups in total. The molecule has 2 rings (SSSR count). The van der Waals surface area contributed by atoms with E-state index in [0.29, 0.717) is 6.04 Å².